The first kappa shape index (κ1) is 70.6. The number of rotatable bonds is 6. The van der Waals surface area contributed by atoms with Crippen LogP contribution in [0.2, 0.25) is 0 Å². The van der Waals surface area contributed by atoms with Gasteiger partial charge in [-0.15, -0.1) is 0 Å². The van der Waals surface area contributed by atoms with Gasteiger partial charge >= 0.3 is 0 Å². The van der Waals surface area contributed by atoms with Crippen molar-refractivity contribution < 1.29 is 132 Å². The smallest absolute Gasteiger partial charge is 0.200 e. The molecule has 36 heteroatoms. The van der Waals surface area contributed by atoms with E-state index in [1.54, 1.807) is 0 Å². The van der Waals surface area contributed by atoms with Crippen molar-refractivity contribution in [3.8, 4) is 66.8 Å². The van der Waals surface area contributed by atoms with Crippen molar-refractivity contribution in [3.63, 3.8) is 0 Å². The quantitative estimate of drug-likeness (QED) is 0.0946. The van der Waals surface area contributed by atoms with Crippen LogP contribution in [-0.2, 0) is 14.1 Å². The first-order valence-corrected chi connectivity index (χ1v) is 28.2. The van der Waals surface area contributed by atoms with Crippen molar-refractivity contribution in [1.29, 1.82) is 0 Å². The number of hydrogen-bond acceptors (Lipinski definition) is 4. The standard InChI is InChI=1S/C68H18F30N6/c1-103-23-11-12-24(103)30(36-45(75)57(87)66(96)58(88)46(36)76)20-8-4-16(100-20)28(34-41(71)53(83)64(94)54(84)42(34)72)18-6-10-22(102-18)32(38-49(79)61(91)68(98)62(92)50(38)80)26-14-13-25(104(26)2)31(37-47(77)59(89)67(97)60(90)48(37)78)21-9-5-17(101-21)27(33-39(69)51(81)63(93)52(82)40(33)70)15-3-7-19(99-15)29(23)35-43(73)55(85)65(95)56(86)44(35)74/h3-14H,1-2H3. The Balaban J connectivity index is 1.37. The van der Waals surface area contributed by atoms with Gasteiger partial charge in [-0.1, -0.05) is 0 Å². The molecule has 13 rings (SSSR count). The van der Waals surface area contributed by atoms with Gasteiger partial charge in [0.05, 0.1) is 101 Å². The molecule has 0 fully saturated rings. The molecular weight excluding hydrogens is 1470 g/mol. The summed E-state index contributed by atoms with van der Waals surface area (Å²) in [5.41, 5.74) is -38.2. The molecule has 4 aliphatic heterocycles. The third-order valence-electron chi connectivity index (χ3n) is 16.6. The minimum absolute atomic E-state index is 0.309. The largest absolute Gasteiger partial charge is 0.343 e. The van der Waals surface area contributed by atoms with E-state index in [1.165, 1.54) is 0 Å². The Hall–Kier alpha value is -11.9. The fraction of sp³-hybridized carbons (Fsp3) is 0.0294. The van der Waals surface area contributed by atoms with E-state index >= 15 is 105 Å². The summed E-state index contributed by atoms with van der Waals surface area (Å²) in [7, 11) is 1.16. The molecule has 12 bridgehead atoms. The molecule has 0 radical (unpaired) electrons. The molecule has 0 unspecified atom stereocenters. The normalized spacial score (nSPS) is 12.5. The summed E-state index contributed by atoms with van der Waals surface area (Å²) >= 11 is 0. The van der Waals surface area contributed by atoms with E-state index in [0.717, 1.165) is 0 Å². The maximum absolute atomic E-state index is 16.6. The van der Waals surface area contributed by atoms with Gasteiger partial charge in [-0.25, -0.2) is 152 Å². The van der Waals surface area contributed by atoms with Crippen LogP contribution in [0.4, 0.5) is 132 Å². The number of halogens is 30. The molecule has 0 atom stereocenters. The molecule has 0 spiro atoms. The zero-order valence-corrected chi connectivity index (χ0v) is 50.0. The highest BCUT2D eigenvalue weighted by atomic mass is 19.2. The second kappa shape index (κ2) is 25.0. The van der Waals surface area contributed by atoms with Gasteiger partial charge < -0.3 is 9.13 Å². The summed E-state index contributed by atoms with van der Waals surface area (Å²) < 4.78 is 476. The van der Waals surface area contributed by atoms with Gasteiger partial charge in [0.25, 0.3) is 0 Å². The minimum atomic E-state index is -2.92. The van der Waals surface area contributed by atoms with Gasteiger partial charge in [-0.05, 0) is 72.9 Å². The summed E-state index contributed by atoms with van der Waals surface area (Å²) in [6, 6.07) is 1.78. The molecule has 0 amide bonds. The number of nitrogens with zero attached hydrogens (tertiary/aromatic N) is 6. The summed E-state index contributed by atoms with van der Waals surface area (Å²) in [6.07, 6.45) is 2.98. The van der Waals surface area contributed by atoms with Crippen molar-refractivity contribution in [1.82, 2.24) is 29.1 Å². The summed E-state index contributed by atoms with van der Waals surface area (Å²) in [5.74, 6) is -86.0. The van der Waals surface area contributed by atoms with Gasteiger partial charge in [0.15, 0.2) is 140 Å². The topological polar surface area (TPSA) is 61.4 Å². The predicted octanol–water partition coefficient (Wildman–Crippen LogP) is 20.9. The van der Waals surface area contributed by atoms with Crippen LogP contribution in [0.25, 0.3) is 137 Å². The molecule has 0 saturated carbocycles. The lowest BCUT2D eigenvalue weighted by atomic mass is 10.00. The van der Waals surface area contributed by atoms with Gasteiger partial charge in [0.2, 0.25) is 34.9 Å². The highest BCUT2D eigenvalue weighted by Gasteiger charge is 2.39. The van der Waals surface area contributed by atoms with Gasteiger partial charge in [0, 0.05) is 47.5 Å². The van der Waals surface area contributed by atoms with E-state index < -0.39 is 309 Å². The molecule has 4 aliphatic rings. The van der Waals surface area contributed by atoms with Crippen molar-refractivity contribution in [2.45, 2.75) is 0 Å². The molecule has 0 N–H and O–H groups in total. The maximum atomic E-state index is 16.6. The van der Waals surface area contributed by atoms with Crippen LogP contribution in [0.5, 0.6) is 0 Å². The van der Waals surface area contributed by atoms with E-state index in [9.17, 15) is 26.3 Å². The van der Waals surface area contributed by atoms with Crippen molar-refractivity contribution >= 4 is 70.7 Å². The fourth-order valence-electron chi connectivity index (χ4n) is 11.9. The second-order valence-electron chi connectivity index (χ2n) is 22.1. The third-order valence-corrected chi connectivity index (χ3v) is 16.6. The molecule has 6 nitrogen and oxygen atoms in total. The Morgan fingerprint density at radius 3 is 0.394 bits per heavy atom. The summed E-state index contributed by atoms with van der Waals surface area (Å²) in [5, 5.41) is 0. The highest BCUT2D eigenvalue weighted by molar-refractivity contribution is 6.02. The average molecular weight is 1490 g/mol. The second-order valence-corrected chi connectivity index (χ2v) is 22.1. The minimum Gasteiger partial charge on any atom is -0.343 e. The van der Waals surface area contributed by atoms with E-state index in [1.807, 2.05) is 0 Å². The predicted molar refractivity (Wildman–Crippen MR) is 308 cm³/mol. The number of aryl methyl sites for hydroxylation is 2. The molecule has 9 aromatic rings. The van der Waals surface area contributed by atoms with E-state index in [-0.39, 0.29) is 0 Å². The monoisotopic (exact) mass is 1490 g/mol. The highest BCUT2D eigenvalue weighted by Crippen LogP contribution is 2.48. The maximum Gasteiger partial charge on any atom is 0.200 e. The fourth-order valence-corrected chi connectivity index (χ4v) is 11.9. The van der Waals surface area contributed by atoms with Gasteiger partial charge in [-0.2, -0.15) is 0 Å². The Morgan fingerprint density at radius 1 is 0.154 bits per heavy atom. The first-order chi connectivity index (χ1) is 49.0. The zero-order chi connectivity index (χ0) is 75.6. The molecule has 3 aromatic heterocycles. The zero-order valence-electron chi connectivity index (χ0n) is 50.0. The number of hydrogen-bond donors (Lipinski definition) is 0. The number of benzene rings is 6. The van der Waals surface area contributed by atoms with Crippen LogP contribution in [0.1, 0.15) is 45.6 Å². The Kier molecular flexibility index (Phi) is 16.9. The van der Waals surface area contributed by atoms with Crippen LogP contribution >= 0.6 is 0 Å². The number of fused-ring (bicyclic) bond motifs is 12. The van der Waals surface area contributed by atoms with Gasteiger partial charge in [0.1, 0.15) is 0 Å². The van der Waals surface area contributed by atoms with Crippen LogP contribution in [-0.4, -0.2) is 29.1 Å². The van der Waals surface area contributed by atoms with E-state index in [0.29, 0.717) is 96.1 Å². The lowest BCUT2D eigenvalue weighted by Gasteiger charge is -2.14. The van der Waals surface area contributed by atoms with E-state index in [2.05, 4.69) is 19.9 Å². The Labute approximate surface area is 555 Å². The molecule has 104 heavy (non-hydrogen) atoms. The van der Waals surface area contributed by atoms with Crippen LogP contribution in [0.3, 0.4) is 0 Å². The molecule has 6 aromatic carbocycles. The van der Waals surface area contributed by atoms with Crippen molar-refractivity contribution in [2.75, 3.05) is 0 Å². The molecule has 0 saturated heterocycles. The van der Waals surface area contributed by atoms with Gasteiger partial charge in [-0.3, -0.25) is 0 Å². The van der Waals surface area contributed by atoms with Crippen LogP contribution in [0, 0.1) is 175 Å². The lowest BCUT2D eigenvalue weighted by Crippen LogP contribution is -2.07. The number of aromatic nitrogens is 6. The van der Waals surface area contributed by atoms with Crippen LogP contribution < -0.4 is 0 Å². The SMILES string of the molecule is Cn1c2ccc1c(-c1c(F)c(F)c(F)c(F)c1F)c1nc(c(-c3c(F)c(F)c(F)c(F)c3F)c3nc(c(-c4c(F)c(F)c(F)c(F)c4F)c4ccc(c(-c5c(F)c(F)c(F)c(F)c5F)c5nc(c(-c6c(F)c(F)c(F)c(F)c6F)c6nc(c2-c2c(F)c(F)c(F)c(F)c2F)C=C6)C=C5)n4C)C=C3)C=C1. The first-order valence-electron chi connectivity index (χ1n) is 28.2. The van der Waals surface area contributed by atoms with E-state index in [4.69, 9.17) is 0 Å². The Morgan fingerprint density at radius 2 is 0.260 bits per heavy atom. The molecular formula is C68H18F30N6. The summed E-state index contributed by atoms with van der Waals surface area (Å²) in [6.45, 7) is 0. The van der Waals surface area contributed by atoms with Crippen molar-refractivity contribution in [3.05, 3.63) is 244 Å². The van der Waals surface area contributed by atoms with Crippen molar-refractivity contribution in [2.24, 2.45) is 14.1 Å². The molecule has 0 aliphatic carbocycles. The molecule has 7 heterocycles. The third kappa shape index (κ3) is 10.1. The molecule has 530 valence electrons. The summed E-state index contributed by atoms with van der Waals surface area (Å²) in [4.78, 5) is 15.8. The van der Waals surface area contributed by atoms with Crippen LogP contribution in [0.15, 0.2) is 24.3 Å². The lowest BCUT2D eigenvalue weighted by molar-refractivity contribution is 0.381. The Bertz CT molecular complexity index is 5200. The average Bonchev–Trinajstić information content (AvgIpc) is 1.62.